The summed E-state index contributed by atoms with van der Waals surface area (Å²) in [5.74, 6) is 0.296. The first-order valence-electron chi connectivity index (χ1n) is 8.54. The average molecular weight is 422 g/mol. The van der Waals surface area contributed by atoms with Gasteiger partial charge in [0.25, 0.3) is 5.91 Å². The molecule has 0 spiro atoms. The number of hydrogen-bond donors (Lipinski definition) is 1. The second kappa shape index (κ2) is 7.32. The minimum atomic E-state index is -0.230. The number of hydrogen-bond acceptors (Lipinski definition) is 4. The molecule has 0 unspecified atom stereocenters. The molecule has 2 heterocycles. The molecule has 0 aliphatic heterocycles. The molecule has 5 nitrogen and oxygen atoms in total. The van der Waals surface area contributed by atoms with E-state index < -0.39 is 0 Å². The van der Waals surface area contributed by atoms with Gasteiger partial charge in [0.05, 0.1) is 5.56 Å². The van der Waals surface area contributed by atoms with E-state index in [1.54, 1.807) is 12.3 Å². The topological polar surface area (TPSA) is 68.0 Å². The lowest BCUT2D eigenvalue weighted by Crippen LogP contribution is -2.12. The van der Waals surface area contributed by atoms with Crippen molar-refractivity contribution >= 4 is 38.6 Å². The maximum Gasteiger partial charge on any atom is 0.257 e. The van der Waals surface area contributed by atoms with E-state index >= 15 is 0 Å². The number of nitrogens with one attached hydrogen (secondary N) is 1. The van der Waals surface area contributed by atoms with Crippen molar-refractivity contribution < 1.29 is 9.21 Å². The first-order valence-corrected chi connectivity index (χ1v) is 9.33. The van der Waals surface area contributed by atoms with Gasteiger partial charge in [-0.25, -0.2) is 4.98 Å². The number of halogens is 1. The summed E-state index contributed by atoms with van der Waals surface area (Å²) in [6.07, 6.45) is 4.11. The number of pyridine rings is 1. The van der Waals surface area contributed by atoms with E-state index in [0.717, 1.165) is 27.6 Å². The lowest BCUT2D eigenvalue weighted by molar-refractivity contribution is 0.102. The third-order valence-corrected chi connectivity index (χ3v) is 4.63. The number of carbonyl (C=O) groups is 1. The summed E-state index contributed by atoms with van der Waals surface area (Å²) in [6.45, 7) is 2.11. The largest absolute Gasteiger partial charge is 0.436 e. The Labute approximate surface area is 164 Å². The van der Waals surface area contributed by atoms with Gasteiger partial charge in [-0.1, -0.05) is 19.1 Å². The summed E-state index contributed by atoms with van der Waals surface area (Å²) in [5.41, 5.74) is 4.73. The Morgan fingerprint density at radius 3 is 2.85 bits per heavy atom. The molecule has 134 valence electrons. The van der Waals surface area contributed by atoms with Gasteiger partial charge in [-0.3, -0.25) is 9.78 Å². The second-order valence-electron chi connectivity index (χ2n) is 6.10. The number of amides is 1. The molecule has 27 heavy (non-hydrogen) atoms. The molecule has 1 N–H and O–H groups in total. The zero-order valence-corrected chi connectivity index (χ0v) is 16.2. The van der Waals surface area contributed by atoms with Crippen LogP contribution in [-0.2, 0) is 6.42 Å². The highest BCUT2D eigenvalue weighted by Gasteiger charge is 2.11. The van der Waals surface area contributed by atoms with E-state index in [4.69, 9.17) is 4.42 Å². The molecule has 0 aliphatic rings. The van der Waals surface area contributed by atoms with Crippen molar-refractivity contribution in [2.75, 3.05) is 5.32 Å². The van der Waals surface area contributed by atoms with Gasteiger partial charge >= 0.3 is 0 Å². The molecular weight excluding hydrogens is 406 g/mol. The fourth-order valence-corrected chi connectivity index (χ4v) is 3.15. The van der Waals surface area contributed by atoms with Crippen LogP contribution in [0.2, 0.25) is 0 Å². The Morgan fingerprint density at radius 2 is 2.04 bits per heavy atom. The SMILES string of the molecule is CCc1ccc2oc(-c3cccc(NC(=O)c4cncc(Br)c4)c3)nc2c1. The van der Waals surface area contributed by atoms with Crippen LogP contribution >= 0.6 is 15.9 Å². The lowest BCUT2D eigenvalue weighted by atomic mass is 10.1. The molecular formula is C21H16BrN3O2. The maximum atomic E-state index is 12.4. The smallest absolute Gasteiger partial charge is 0.257 e. The Kier molecular flexibility index (Phi) is 4.73. The number of carbonyl (C=O) groups excluding carboxylic acids is 1. The molecule has 0 atom stereocenters. The fourth-order valence-electron chi connectivity index (χ4n) is 2.79. The van der Waals surface area contributed by atoms with Crippen LogP contribution in [0.3, 0.4) is 0 Å². The van der Waals surface area contributed by atoms with Crippen molar-refractivity contribution in [2.24, 2.45) is 0 Å². The summed E-state index contributed by atoms with van der Waals surface area (Å²) in [6, 6.07) is 15.2. The van der Waals surface area contributed by atoms with E-state index in [2.05, 4.69) is 38.1 Å². The predicted molar refractivity (Wildman–Crippen MR) is 109 cm³/mol. The molecule has 2 aromatic heterocycles. The number of nitrogens with zero attached hydrogens (tertiary/aromatic N) is 2. The summed E-state index contributed by atoms with van der Waals surface area (Å²) >= 11 is 3.32. The van der Waals surface area contributed by atoms with Gasteiger partial charge in [-0.05, 0) is 64.3 Å². The van der Waals surface area contributed by atoms with E-state index in [1.807, 2.05) is 42.5 Å². The van der Waals surface area contributed by atoms with E-state index in [9.17, 15) is 4.79 Å². The summed E-state index contributed by atoms with van der Waals surface area (Å²) in [5, 5.41) is 2.88. The normalized spacial score (nSPS) is 10.9. The van der Waals surface area contributed by atoms with E-state index in [-0.39, 0.29) is 5.91 Å². The van der Waals surface area contributed by atoms with Crippen LogP contribution in [-0.4, -0.2) is 15.9 Å². The van der Waals surface area contributed by atoms with Gasteiger partial charge in [-0.2, -0.15) is 0 Å². The van der Waals surface area contributed by atoms with Crippen LogP contribution < -0.4 is 5.32 Å². The highest BCUT2D eigenvalue weighted by molar-refractivity contribution is 9.10. The number of benzene rings is 2. The Morgan fingerprint density at radius 1 is 1.15 bits per heavy atom. The van der Waals surface area contributed by atoms with Crippen molar-refractivity contribution in [1.82, 2.24) is 9.97 Å². The van der Waals surface area contributed by atoms with Crippen molar-refractivity contribution in [3.8, 4) is 11.5 Å². The quantitative estimate of drug-likeness (QED) is 0.474. The molecule has 0 bridgehead atoms. The summed E-state index contributed by atoms with van der Waals surface area (Å²) < 4.78 is 6.63. The zero-order chi connectivity index (χ0) is 18.8. The van der Waals surface area contributed by atoms with Crippen molar-refractivity contribution in [3.63, 3.8) is 0 Å². The molecule has 0 aliphatic carbocycles. The van der Waals surface area contributed by atoms with E-state index in [0.29, 0.717) is 17.1 Å². The molecule has 4 rings (SSSR count). The Hall–Kier alpha value is -2.99. The zero-order valence-electron chi connectivity index (χ0n) is 14.6. The number of anilines is 1. The number of aromatic nitrogens is 2. The summed E-state index contributed by atoms with van der Waals surface area (Å²) in [7, 11) is 0. The molecule has 0 saturated carbocycles. The van der Waals surface area contributed by atoms with Gasteiger partial charge in [0.1, 0.15) is 5.52 Å². The average Bonchev–Trinajstić information content (AvgIpc) is 3.11. The van der Waals surface area contributed by atoms with Crippen molar-refractivity contribution in [2.45, 2.75) is 13.3 Å². The van der Waals surface area contributed by atoms with Crippen LogP contribution in [0.15, 0.2) is 69.8 Å². The minimum absolute atomic E-state index is 0.230. The molecule has 2 aromatic carbocycles. The van der Waals surface area contributed by atoms with Crippen molar-refractivity contribution in [3.05, 3.63) is 76.5 Å². The van der Waals surface area contributed by atoms with Crippen LogP contribution in [0, 0.1) is 0 Å². The fraction of sp³-hybridized carbons (Fsp3) is 0.0952. The predicted octanol–water partition coefficient (Wildman–Crippen LogP) is 5.47. The molecule has 0 fully saturated rings. The Bertz CT molecular complexity index is 1140. The van der Waals surface area contributed by atoms with E-state index in [1.165, 1.54) is 11.8 Å². The lowest BCUT2D eigenvalue weighted by Gasteiger charge is -2.06. The van der Waals surface area contributed by atoms with Crippen LogP contribution in [0.5, 0.6) is 0 Å². The van der Waals surface area contributed by atoms with Crippen LogP contribution in [0.1, 0.15) is 22.8 Å². The number of aryl methyl sites for hydroxylation is 1. The third-order valence-electron chi connectivity index (χ3n) is 4.19. The second-order valence-corrected chi connectivity index (χ2v) is 7.02. The molecule has 4 aromatic rings. The molecule has 0 saturated heterocycles. The van der Waals surface area contributed by atoms with Gasteiger partial charge in [0.2, 0.25) is 5.89 Å². The first kappa shape index (κ1) is 17.4. The van der Waals surface area contributed by atoms with Crippen LogP contribution in [0.4, 0.5) is 5.69 Å². The first-order chi connectivity index (χ1) is 13.1. The number of fused-ring (bicyclic) bond motifs is 1. The van der Waals surface area contributed by atoms with Gasteiger partial charge in [-0.15, -0.1) is 0 Å². The third kappa shape index (κ3) is 3.75. The Balaban J connectivity index is 1.61. The number of rotatable bonds is 4. The number of oxazole rings is 1. The van der Waals surface area contributed by atoms with Crippen LogP contribution in [0.25, 0.3) is 22.6 Å². The minimum Gasteiger partial charge on any atom is -0.436 e. The molecule has 0 radical (unpaired) electrons. The van der Waals surface area contributed by atoms with Crippen molar-refractivity contribution in [1.29, 1.82) is 0 Å². The highest BCUT2D eigenvalue weighted by Crippen LogP contribution is 2.27. The highest BCUT2D eigenvalue weighted by atomic mass is 79.9. The standard InChI is InChI=1S/C21H16BrN3O2/c1-2-13-6-7-19-18(8-13)25-21(27-19)14-4-3-5-17(10-14)24-20(26)15-9-16(22)12-23-11-15/h3-12H,2H2,1H3,(H,24,26). The molecule has 1 amide bonds. The summed E-state index contributed by atoms with van der Waals surface area (Å²) in [4.78, 5) is 21.0. The van der Waals surface area contributed by atoms with Gasteiger partial charge in [0.15, 0.2) is 5.58 Å². The van der Waals surface area contributed by atoms with Gasteiger partial charge < -0.3 is 9.73 Å². The maximum absolute atomic E-state index is 12.4. The monoisotopic (exact) mass is 421 g/mol. The van der Waals surface area contributed by atoms with Gasteiger partial charge in [0, 0.05) is 28.1 Å². The molecule has 6 heteroatoms.